The van der Waals surface area contributed by atoms with Crippen LogP contribution in [0.3, 0.4) is 0 Å². The zero-order valence-electron chi connectivity index (χ0n) is 10.2. The molecule has 0 fully saturated rings. The van der Waals surface area contributed by atoms with E-state index in [9.17, 15) is 0 Å². The third kappa shape index (κ3) is 2.33. The molecule has 3 N–H and O–H groups in total. The van der Waals surface area contributed by atoms with Gasteiger partial charge in [0.05, 0.1) is 26.5 Å². The van der Waals surface area contributed by atoms with E-state index in [1.807, 2.05) is 0 Å². The van der Waals surface area contributed by atoms with Crippen LogP contribution in [0.2, 0.25) is 0 Å². The summed E-state index contributed by atoms with van der Waals surface area (Å²) in [4.78, 5) is 0. The van der Waals surface area contributed by atoms with Crippen molar-refractivity contribution in [2.24, 2.45) is 4.40 Å². The first-order valence-electron chi connectivity index (χ1n) is 5.07. The Morgan fingerprint density at radius 2 is 1.14 bits per heavy atom. The average Bonchev–Trinajstić information content (AvgIpc) is 2.49. The summed E-state index contributed by atoms with van der Waals surface area (Å²) in [5, 5.41) is 56.3. The summed E-state index contributed by atoms with van der Waals surface area (Å²) in [6.45, 7) is 0. The number of hydrogen-bond acceptors (Lipinski definition) is 9. The first-order chi connectivity index (χ1) is 9.98. The van der Waals surface area contributed by atoms with Gasteiger partial charge in [0.15, 0.2) is 0 Å². The van der Waals surface area contributed by atoms with Crippen LogP contribution in [0.5, 0.6) is 0 Å². The second-order valence-electron chi connectivity index (χ2n) is 3.52. The number of thiol groups is 1. The Morgan fingerprint density at radius 1 is 0.762 bits per heavy atom. The van der Waals surface area contributed by atoms with Gasteiger partial charge >= 0.3 is 0 Å². The molecule has 0 radical (unpaired) electrons. The van der Waals surface area contributed by atoms with Gasteiger partial charge in [-0.2, -0.15) is 21.0 Å². The van der Waals surface area contributed by atoms with Crippen molar-refractivity contribution in [3.63, 3.8) is 0 Å². The maximum Gasteiger partial charge on any atom is 0.141 e. The molecule has 0 aliphatic carbocycles. The number of nitrogens with zero attached hydrogens (tertiary/aromatic N) is 5. The van der Waals surface area contributed by atoms with E-state index in [0.717, 1.165) is 0 Å². The minimum absolute atomic E-state index is 0.310. The van der Waals surface area contributed by atoms with E-state index >= 15 is 0 Å². The molecule has 0 aliphatic heterocycles. The first kappa shape index (κ1) is 15.5. The highest BCUT2D eigenvalue weighted by molar-refractivity contribution is 7.78. The van der Waals surface area contributed by atoms with Gasteiger partial charge in [-0.15, -0.1) is 0 Å². The van der Waals surface area contributed by atoms with Crippen molar-refractivity contribution in [2.45, 2.75) is 0 Å². The largest absolute Gasteiger partial charge is 0.298 e. The zero-order valence-corrected chi connectivity index (χ0v) is 11.1. The first-order valence-corrected chi connectivity index (χ1v) is 5.47. The molecule has 0 heterocycles. The second-order valence-corrected chi connectivity index (χ2v) is 3.72. The van der Waals surface area contributed by atoms with Gasteiger partial charge in [0, 0.05) is 0 Å². The van der Waals surface area contributed by atoms with Gasteiger partial charge in [0.2, 0.25) is 0 Å². The Kier molecular flexibility index (Phi) is 4.49. The lowest BCUT2D eigenvalue weighted by Crippen LogP contribution is -2.65. The molecule has 0 saturated heterocycles. The Balaban J connectivity index is 4.75. The Labute approximate surface area is 122 Å². The zero-order chi connectivity index (χ0) is 16.2. The van der Waals surface area contributed by atoms with Gasteiger partial charge in [0.25, 0.3) is 0 Å². The van der Waals surface area contributed by atoms with Crippen LogP contribution >= 0.6 is 12.8 Å². The molecule has 0 amide bonds. The number of nitriles is 4. The lowest BCUT2D eigenvalue weighted by atomic mass is 10.1. The van der Waals surface area contributed by atoms with Crippen molar-refractivity contribution >= 4 is 24.0 Å². The highest BCUT2D eigenvalue weighted by Crippen LogP contribution is 1.81. The van der Waals surface area contributed by atoms with Gasteiger partial charge < -0.3 is 0 Å². The summed E-state index contributed by atoms with van der Waals surface area (Å²) < 4.78 is 3.45. The Morgan fingerprint density at radius 3 is 1.52 bits per heavy atom. The molecule has 0 unspecified atom stereocenters. The molecule has 0 spiro atoms. The van der Waals surface area contributed by atoms with E-state index in [1.54, 1.807) is 12.1 Å². The van der Waals surface area contributed by atoms with E-state index < -0.39 is 27.2 Å². The molecule has 1 rings (SSSR count). The molecule has 0 aromatic heterocycles. The van der Waals surface area contributed by atoms with E-state index in [0.29, 0.717) is 0 Å². The summed E-state index contributed by atoms with van der Waals surface area (Å²) >= 11 is 3.63. The minimum Gasteiger partial charge on any atom is -0.298 e. The van der Waals surface area contributed by atoms with Crippen LogP contribution in [0.15, 0.2) is 4.40 Å². The summed E-state index contributed by atoms with van der Waals surface area (Å²) in [5.41, 5.74) is -1.03. The summed E-state index contributed by atoms with van der Waals surface area (Å²) in [6, 6.07) is 6.17. The highest BCUT2D eigenvalue weighted by Gasteiger charge is 2.09. The Bertz CT molecular complexity index is 1100. The van der Waals surface area contributed by atoms with Crippen LogP contribution in [0.4, 0.5) is 0 Å². The van der Waals surface area contributed by atoms with Crippen LogP contribution in [-0.2, 0) is 0 Å². The van der Waals surface area contributed by atoms with E-state index in [2.05, 4.69) is 17.2 Å². The van der Waals surface area contributed by atoms with Gasteiger partial charge in [-0.1, -0.05) is 0 Å². The fraction of sp³-hybridized carbons (Fsp3) is 0. The predicted molar refractivity (Wildman–Crippen MR) is 69.4 cm³/mol. The quantitative estimate of drug-likeness (QED) is 0.376. The number of rotatable bonds is 0. The maximum atomic E-state index is 8.88. The predicted octanol–water partition coefficient (Wildman–Crippen LogP) is -2.86. The van der Waals surface area contributed by atoms with Gasteiger partial charge in [0.1, 0.15) is 40.8 Å². The van der Waals surface area contributed by atoms with Gasteiger partial charge in [-0.25, -0.2) is 4.40 Å². The fourth-order valence-electron chi connectivity index (χ4n) is 1.60. The van der Waals surface area contributed by atoms with E-state index in [4.69, 9.17) is 37.3 Å². The van der Waals surface area contributed by atoms with Crippen LogP contribution in [0.1, 0.15) is 0 Å². The number of nitrogens with one attached hydrogen (secondary N) is 3. The lowest BCUT2D eigenvalue weighted by molar-refractivity contribution is 1.01. The topological polar surface area (TPSA) is 179 Å². The third-order valence-corrected chi connectivity index (χ3v) is 2.72. The number of benzene rings is 1. The Hall–Kier alpha value is -3.53. The van der Waals surface area contributed by atoms with Crippen molar-refractivity contribution < 1.29 is 0 Å². The van der Waals surface area contributed by atoms with Crippen LogP contribution < -0.4 is 31.9 Å². The molecule has 1 aromatic carbocycles. The van der Waals surface area contributed by atoms with Crippen molar-refractivity contribution in [1.82, 2.24) is 0 Å². The molecular weight excluding hydrogens is 288 g/mol. The normalized spacial score (nSPS) is 9.86. The molecule has 98 valence electrons. The van der Waals surface area contributed by atoms with Crippen molar-refractivity contribution in [3.8, 4) is 24.3 Å². The monoisotopic (exact) mass is 292 g/mol. The average molecular weight is 292 g/mol. The molecule has 21 heavy (non-hydrogen) atoms. The molecule has 8 nitrogen and oxygen atoms in total. The third-order valence-electron chi connectivity index (χ3n) is 2.52. The van der Waals surface area contributed by atoms with Crippen LogP contribution in [0.25, 0.3) is 11.1 Å². The SMILES string of the molecule is N#CC(C#N)=c1c(=N)c(=N)c(=C(C#N)C#N)/c(=N/S)c1=N. The smallest absolute Gasteiger partial charge is 0.141 e. The summed E-state index contributed by atoms with van der Waals surface area (Å²) in [5.74, 6) is 0. The fourth-order valence-corrected chi connectivity index (χ4v) is 1.80. The molecule has 0 bridgehead atoms. The molecule has 0 atom stereocenters. The summed E-state index contributed by atoms with van der Waals surface area (Å²) in [7, 11) is 0. The maximum absolute atomic E-state index is 8.88. The van der Waals surface area contributed by atoms with Gasteiger partial charge in [-0.05, 0) is 12.8 Å². The second kappa shape index (κ2) is 6.08. The van der Waals surface area contributed by atoms with Crippen molar-refractivity contribution in [3.05, 3.63) is 31.9 Å². The van der Waals surface area contributed by atoms with E-state index in [-0.39, 0.29) is 15.8 Å². The lowest BCUT2D eigenvalue weighted by Gasteiger charge is -1.94. The summed E-state index contributed by atoms with van der Waals surface area (Å²) in [6.07, 6.45) is 0. The van der Waals surface area contributed by atoms with Crippen LogP contribution in [0, 0.1) is 61.6 Å². The highest BCUT2D eigenvalue weighted by atomic mass is 32.1. The van der Waals surface area contributed by atoms with Crippen molar-refractivity contribution in [1.29, 1.82) is 37.3 Å². The van der Waals surface area contributed by atoms with E-state index in [1.165, 1.54) is 12.1 Å². The van der Waals surface area contributed by atoms with Gasteiger partial charge in [-0.3, -0.25) is 16.2 Å². The van der Waals surface area contributed by atoms with Crippen LogP contribution in [-0.4, -0.2) is 0 Å². The molecule has 0 aliphatic rings. The molecule has 9 heteroatoms. The molecule has 1 aromatic rings. The van der Waals surface area contributed by atoms with Crippen molar-refractivity contribution in [2.75, 3.05) is 0 Å². The standard InChI is InChI=1S/C12H4N8S/c13-1-5(2-14)7-9(17)10(18)8(6(3-15)4-16)12(20-21)11(7)19/h17-19,21H/b17-9?,18-10?,19-11?,20-12-. The number of hydrogen-bond donors (Lipinski definition) is 4. The minimum atomic E-state index is -0.600. The molecule has 0 saturated carbocycles. The molecular formula is C12H4N8S.